The molecule has 1 nitrogen and oxygen atoms in total. The standard InChI is InChI=1S/C10H14OS2/c1-2-10(12)11-7-3-5-9-6-4-8-13-9/h4,6,8H,2-3,5,7H2,1H3. The van der Waals surface area contributed by atoms with Gasteiger partial charge in [0.1, 0.15) is 0 Å². The van der Waals surface area contributed by atoms with E-state index >= 15 is 0 Å². The first-order valence-electron chi connectivity index (χ1n) is 4.51. The first kappa shape index (κ1) is 10.7. The van der Waals surface area contributed by atoms with Crippen molar-refractivity contribution in [3.8, 4) is 0 Å². The Hall–Kier alpha value is -0.410. The third-order valence-electron chi connectivity index (χ3n) is 1.70. The maximum atomic E-state index is 5.33. The highest BCUT2D eigenvalue weighted by atomic mass is 32.1. The van der Waals surface area contributed by atoms with E-state index in [1.54, 1.807) is 11.3 Å². The molecule has 0 atom stereocenters. The number of thiocarbonyl (C=S) groups is 1. The molecule has 0 amide bonds. The van der Waals surface area contributed by atoms with Crippen molar-refractivity contribution in [1.29, 1.82) is 0 Å². The molecule has 1 rings (SSSR count). The van der Waals surface area contributed by atoms with Crippen molar-refractivity contribution in [2.75, 3.05) is 6.61 Å². The average Bonchev–Trinajstić information content (AvgIpc) is 2.64. The maximum absolute atomic E-state index is 5.33. The molecule has 72 valence electrons. The minimum Gasteiger partial charge on any atom is -0.487 e. The average molecular weight is 214 g/mol. The highest BCUT2D eigenvalue weighted by molar-refractivity contribution is 7.80. The van der Waals surface area contributed by atoms with E-state index in [0.29, 0.717) is 0 Å². The normalized spacial score (nSPS) is 9.92. The number of ether oxygens (including phenoxy) is 1. The Balaban J connectivity index is 2.05. The van der Waals surface area contributed by atoms with Crippen LogP contribution in [0.2, 0.25) is 0 Å². The molecular formula is C10H14OS2. The number of aryl methyl sites for hydroxylation is 1. The van der Waals surface area contributed by atoms with Crippen LogP contribution in [0, 0.1) is 0 Å². The molecule has 0 saturated carbocycles. The summed E-state index contributed by atoms with van der Waals surface area (Å²) in [7, 11) is 0. The predicted octanol–water partition coefficient (Wildman–Crippen LogP) is 3.43. The van der Waals surface area contributed by atoms with Crippen LogP contribution in [0.25, 0.3) is 0 Å². The monoisotopic (exact) mass is 214 g/mol. The molecule has 0 N–H and O–H groups in total. The summed E-state index contributed by atoms with van der Waals surface area (Å²) in [6, 6.07) is 4.24. The second-order valence-corrected chi connectivity index (χ2v) is 4.24. The lowest BCUT2D eigenvalue weighted by atomic mass is 10.3. The zero-order valence-corrected chi connectivity index (χ0v) is 9.42. The smallest absolute Gasteiger partial charge is 0.159 e. The van der Waals surface area contributed by atoms with Gasteiger partial charge in [-0.25, -0.2) is 0 Å². The molecule has 0 aliphatic rings. The lowest BCUT2D eigenvalue weighted by molar-refractivity contribution is 0.300. The Labute approximate surface area is 88.7 Å². The van der Waals surface area contributed by atoms with Crippen molar-refractivity contribution in [2.45, 2.75) is 26.2 Å². The molecule has 0 fully saturated rings. The van der Waals surface area contributed by atoms with Gasteiger partial charge in [0.2, 0.25) is 0 Å². The molecule has 3 heteroatoms. The van der Waals surface area contributed by atoms with Crippen LogP contribution < -0.4 is 0 Å². The SMILES string of the molecule is CCC(=S)OCCCc1cccs1. The third kappa shape index (κ3) is 4.39. The van der Waals surface area contributed by atoms with Gasteiger partial charge in [0.05, 0.1) is 6.61 Å². The summed E-state index contributed by atoms with van der Waals surface area (Å²) < 4.78 is 5.33. The summed E-state index contributed by atoms with van der Waals surface area (Å²) in [5, 5.41) is 2.83. The van der Waals surface area contributed by atoms with E-state index in [-0.39, 0.29) is 0 Å². The van der Waals surface area contributed by atoms with Crippen LogP contribution in [0.4, 0.5) is 0 Å². The summed E-state index contributed by atoms with van der Waals surface area (Å²) in [5.74, 6) is 0. The largest absolute Gasteiger partial charge is 0.487 e. The third-order valence-corrected chi connectivity index (χ3v) is 3.04. The molecule has 0 saturated heterocycles. The summed E-state index contributed by atoms with van der Waals surface area (Å²) in [6.45, 7) is 2.77. The van der Waals surface area contributed by atoms with Gasteiger partial charge in [0, 0.05) is 11.3 Å². The maximum Gasteiger partial charge on any atom is 0.159 e. The number of hydrogen-bond donors (Lipinski definition) is 0. The molecule has 0 spiro atoms. The Bertz CT molecular complexity index is 241. The van der Waals surface area contributed by atoms with E-state index in [1.165, 1.54) is 4.88 Å². The van der Waals surface area contributed by atoms with Gasteiger partial charge in [0.15, 0.2) is 5.05 Å². The zero-order chi connectivity index (χ0) is 9.52. The van der Waals surface area contributed by atoms with Gasteiger partial charge in [-0.3, -0.25) is 0 Å². The van der Waals surface area contributed by atoms with Gasteiger partial charge < -0.3 is 4.74 Å². The predicted molar refractivity (Wildman–Crippen MR) is 61.5 cm³/mol. The fourth-order valence-electron chi connectivity index (χ4n) is 0.989. The van der Waals surface area contributed by atoms with Gasteiger partial charge in [0.25, 0.3) is 0 Å². The van der Waals surface area contributed by atoms with Crippen LogP contribution in [0.1, 0.15) is 24.6 Å². The Morgan fingerprint density at radius 2 is 2.46 bits per heavy atom. The van der Waals surface area contributed by atoms with Crippen LogP contribution in [0.15, 0.2) is 17.5 Å². The summed E-state index contributed by atoms with van der Waals surface area (Å²) in [6.07, 6.45) is 3.00. The minimum absolute atomic E-state index is 0.728. The second kappa shape index (κ2) is 6.11. The second-order valence-electron chi connectivity index (χ2n) is 2.76. The minimum atomic E-state index is 0.728. The van der Waals surface area contributed by atoms with E-state index in [2.05, 4.69) is 17.5 Å². The van der Waals surface area contributed by atoms with E-state index in [4.69, 9.17) is 17.0 Å². The lowest BCUT2D eigenvalue weighted by Crippen LogP contribution is -2.02. The molecule has 0 aliphatic heterocycles. The molecule has 1 aromatic heterocycles. The van der Waals surface area contributed by atoms with Gasteiger partial charge in [-0.2, -0.15) is 0 Å². The van der Waals surface area contributed by atoms with Crippen LogP contribution in [0.5, 0.6) is 0 Å². The molecule has 13 heavy (non-hydrogen) atoms. The highest BCUT2D eigenvalue weighted by Crippen LogP contribution is 2.10. The summed E-state index contributed by atoms with van der Waals surface area (Å²) >= 11 is 6.75. The van der Waals surface area contributed by atoms with Crippen molar-refractivity contribution in [3.05, 3.63) is 22.4 Å². The van der Waals surface area contributed by atoms with Gasteiger partial charge in [-0.15, -0.1) is 11.3 Å². The van der Waals surface area contributed by atoms with E-state index < -0.39 is 0 Å². The fraction of sp³-hybridized carbons (Fsp3) is 0.500. The molecular weight excluding hydrogens is 200 g/mol. The van der Waals surface area contributed by atoms with Crippen molar-refractivity contribution in [3.63, 3.8) is 0 Å². The van der Waals surface area contributed by atoms with Crippen molar-refractivity contribution in [1.82, 2.24) is 0 Å². The van der Waals surface area contributed by atoms with Crippen LogP contribution in [-0.2, 0) is 11.2 Å². The first-order valence-corrected chi connectivity index (χ1v) is 5.79. The van der Waals surface area contributed by atoms with Crippen molar-refractivity contribution in [2.24, 2.45) is 0 Å². The van der Waals surface area contributed by atoms with Crippen LogP contribution in [-0.4, -0.2) is 11.7 Å². The van der Waals surface area contributed by atoms with E-state index in [9.17, 15) is 0 Å². The summed E-state index contributed by atoms with van der Waals surface area (Å²) in [4.78, 5) is 1.42. The fourth-order valence-corrected chi connectivity index (χ4v) is 1.82. The Kier molecular flexibility index (Phi) is 5.01. The quantitative estimate of drug-likeness (QED) is 0.548. The van der Waals surface area contributed by atoms with Crippen LogP contribution >= 0.6 is 23.6 Å². The first-order chi connectivity index (χ1) is 6.33. The Morgan fingerprint density at radius 3 is 3.08 bits per heavy atom. The topological polar surface area (TPSA) is 9.23 Å². The molecule has 1 aromatic rings. The van der Waals surface area contributed by atoms with Gasteiger partial charge in [-0.1, -0.05) is 13.0 Å². The summed E-state index contributed by atoms with van der Waals surface area (Å²) in [5.41, 5.74) is 0. The van der Waals surface area contributed by atoms with Crippen LogP contribution in [0.3, 0.4) is 0 Å². The molecule has 0 aliphatic carbocycles. The highest BCUT2D eigenvalue weighted by Gasteiger charge is 1.95. The molecule has 0 unspecified atom stereocenters. The molecule has 0 radical (unpaired) electrons. The molecule has 1 heterocycles. The van der Waals surface area contributed by atoms with Gasteiger partial charge in [-0.05, 0) is 36.5 Å². The number of thiophene rings is 1. The van der Waals surface area contributed by atoms with E-state index in [0.717, 1.165) is 30.9 Å². The van der Waals surface area contributed by atoms with Crippen molar-refractivity contribution >= 4 is 28.6 Å². The van der Waals surface area contributed by atoms with Gasteiger partial charge >= 0.3 is 0 Å². The molecule has 0 aromatic carbocycles. The number of hydrogen-bond acceptors (Lipinski definition) is 3. The zero-order valence-electron chi connectivity index (χ0n) is 7.79. The lowest BCUT2D eigenvalue weighted by Gasteiger charge is -2.03. The Morgan fingerprint density at radius 1 is 1.62 bits per heavy atom. The van der Waals surface area contributed by atoms with E-state index in [1.807, 2.05) is 6.92 Å². The number of rotatable bonds is 5. The molecule has 0 bridgehead atoms. The van der Waals surface area contributed by atoms with Crippen molar-refractivity contribution < 1.29 is 4.74 Å².